The summed E-state index contributed by atoms with van der Waals surface area (Å²) in [6.45, 7) is 1.44. The van der Waals surface area contributed by atoms with Gasteiger partial charge < -0.3 is 10.5 Å². The number of hydrogen-bond donors (Lipinski definition) is 1. The van der Waals surface area contributed by atoms with Crippen molar-refractivity contribution in [2.45, 2.75) is 18.4 Å². The number of rotatable bonds is 1. The molecular formula is C10H13BrN2O. The van der Waals surface area contributed by atoms with Gasteiger partial charge in [0.05, 0.1) is 11.2 Å². The predicted octanol–water partition coefficient (Wildman–Crippen LogP) is 1.81. The Balaban J connectivity index is 2.32. The van der Waals surface area contributed by atoms with Gasteiger partial charge in [-0.1, -0.05) is 0 Å². The summed E-state index contributed by atoms with van der Waals surface area (Å²) in [6, 6.07) is 3.88. The topological polar surface area (TPSA) is 48.1 Å². The summed E-state index contributed by atoms with van der Waals surface area (Å²) in [5.41, 5.74) is 6.94. The van der Waals surface area contributed by atoms with Crippen molar-refractivity contribution in [2.24, 2.45) is 5.73 Å². The molecule has 2 N–H and O–H groups in total. The number of hydrogen-bond acceptors (Lipinski definition) is 3. The second-order valence-electron chi connectivity index (χ2n) is 3.60. The number of halogens is 1. The van der Waals surface area contributed by atoms with Gasteiger partial charge in [0.1, 0.15) is 0 Å². The van der Waals surface area contributed by atoms with Crippen LogP contribution >= 0.6 is 15.9 Å². The van der Waals surface area contributed by atoms with Crippen molar-refractivity contribution < 1.29 is 4.74 Å². The molecule has 2 heterocycles. The van der Waals surface area contributed by atoms with Gasteiger partial charge in [-0.15, -0.1) is 0 Å². The van der Waals surface area contributed by atoms with Gasteiger partial charge in [0.15, 0.2) is 0 Å². The zero-order valence-corrected chi connectivity index (χ0v) is 9.46. The Morgan fingerprint density at radius 1 is 1.43 bits per heavy atom. The third-order valence-electron chi connectivity index (χ3n) is 2.62. The smallest absolute Gasteiger partial charge is 0.0745 e. The first-order chi connectivity index (χ1) is 6.72. The van der Waals surface area contributed by atoms with Gasteiger partial charge in [0.2, 0.25) is 0 Å². The first-order valence-corrected chi connectivity index (χ1v) is 5.49. The summed E-state index contributed by atoms with van der Waals surface area (Å²) >= 11 is 3.48. The summed E-state index contributed by atoms with van der Waals surface area (Å²) in [5.74, 6) is 0. The first-order valence-electron chi connectivity index (χ1n) is 4.70. The third kappa shape index (κ3) is 1.82. The van der Waals surface area contributed by atoms with Crippen LogP contribution in [0.2, 0.25) is 0 Å². The van der Waals surface area contributed by atoms with E-state index in [9.17, 15) is 0 Å². The molecule has 1 saturated heterocycles. The Morgan fingerprint density at radius 3 is 2.79 bits per heavy atom. The Hall–Kier alpha value is -0.450. The molecule has 1 aromatic heterocycles. The van der Waals surface area contributed by atoms with Gasteiger partial charge in [-0.3, -0.25) is 4.98 Å². The minimum absolute atomic E-state index is 0.321. The van der Waals surface area contributed by atoms with Gasteiger partial charge in [0.25, 0.3) is 0 Å². The molecule has 1 fully saturated rings. The molecule has 0 radical (unpaired) electrons. The van der Waals surface area contributed by atoms with Crippen molar-refractivity contribution >= 4 is 15.9 Å². The summed E-state index contributed by atoms with van der Waals surface area (Å²) in [4.78, 5) is 4.35. The Bertz CT molecular complexity index is 324. The van der Waals surface area contributed by atoms with E-state index in [4.69, 9.17) is 10.5 Å². The molecule has 0 saturated carbocycles. The van der Waals surface area contributed by atoms with Crippen LogP contribution in [0.25, 0.3) is 0 Å². The van der Waals surface area contributed by atoms with Crippen LogP contribution in [0.15, 0.2) is 22.8 Å². The van der Waals surface area contributed by atoms with E-state index in [1.807, 2.05) is 12.1 Å². The molecule has 0 bridgehead atoms. The largest absolute Gasteiger partial charge is 0.381 e. The molecule has 0 unspecified atom stereocenters. The standard InChI is InChI=1S/C10H13BrN2O/c11-8-2-1-5-13-9(8)10(12)3-6-14-7-4-10/h1-2,5H,3-4,6-7,12H2. The van der Waals surface area contributed by atoms with Crippen molar-refractivity contribution in [2.75, 3.05) is 13.2 Å². The lowest BCUT2D eigenvalue weighted by Crippen LogP contribution is -2.43. The maximum absolute atomic E-state index is 6.31. The van der Waals surface area contributed by atoms with Gasteiger partial charge in [0, 0.05) is 23.9 Å². The SMILES string of the molecule is NC1(c2ncccc2Br)CCOCC1. The molecule has 2 rings (SSSR count). The van der Waals surface area contributed by atoms with E-state index in [0.717, 1.165) is 36.2 Å². The van der Waals surface area contributed by atoms with E-state index in [1.165, 1.54) is 0 Å². The first kappa shape index (κ1) is 10.1. The molecule has 1 aromatic rings. The lowest BCUT2D eigenvalue weighted by Gasteiger charge is -2.33. The molecule has 3 nitrogen and oxygen atoms in total. The van der Waals surface area contributed by atoms with Crippen LogP contribution in [-0.2, 0) is 10.3 Å². The fourth-order valence-corrected chi connectivity index (χ4v) is 2.37. The summed E-state index contributed by atoms with van der Waals surface area (Å²) in [5, 5.41) is 0. The number of pyridine rings is 1. The van der Waals surface area contributed by atoms with Crippen LogP contribution in [0.4, 0.5) is 0 Å². The highest BCUT2D eigenvalue weighted by molar-refractivity contribution is 9.10. The van der Waals surface area contributed by atoms with E-state index in [2.05, 4.69) is 20.9 Å². The summed E-state index contributed by atoms with van der Waals surface area (Å²) in [6.07, 6.45) is 3.45. The molecular weight excluding hydrogens is 244 g/mol. The number of nitrogens with two attached hydrogens (primary N) is 1. The van der Waals surface area contributed by atoms with Crippen LogP contribution in [0, 0.1) is 0 Å². The minimum atomic E-state index is -0.321. The van der Waals surface area contributed by atoms with Crippen molar-refractivity contribution in [3.8, 4) is 0 Å². The van der Waals surface area contributed by atoms with Crippen LogP contribution in [0.3, 0.4) is 0 Å². The van der Waals surface area contributed by atoms with Crippen molar-refractivity contribution in [3.63, 3.8) is 0 Å². The fourth-order valence-electron chi connectivity index (χ4n) is 1.72. The molecule has 0 aromatic carbocycles. The second-order valence-corrected chi connectivity index (χ2v) is 4.46. The molecule has 0 spiro atoms. The Morgan fingerprint density at radius 2 is 2.14 bits per heavy atom. The predicted molar refractivity (Wildman–Crippen MR) is 57.9 cm³/mol. The zero-order chi connectivity index (χ0) is 10.0. The minimum Gasteiger partial charge on any atom is -0.381 e. The van der Waals surface area contributed by atoms with Crippen LogP contribution in [-0.4, -0.2) is 18.2 Å². The molecule has 0 aliphatic carbocycles. The van der Waals surface area contributed by atoms with Crippen LogP contribution in [0.5, 0.6) is 0 Å². The van der Waals surface area contributed by atoms with Crippen molar-refractivity contribution in [3.05, 3.63) is 28.5 Å². The molecule has 1 aliphatic heterocycles. The van der Waals surface area contributed by atoms with E-state index in [-0.39, 0.29) is 5.54 Å². The molecule has 0 amide bonds. The monoisotopic (exact) mass is 256 g/mol. The fraction of sp³-hybridized carbons (Fsp3) is 0.500. The maximum atomic E-state index is 6.31. The summed E-state index contributed by atoms with van der Waals surface area (Å²) < 4.78 is 6.29. The zero-order valence-electron chi connectivity index (χ0n) is 7.87. The van der Waals surface area contributed by atoms with E-state index >= 15 is 0 Å². The normalized spacial score (nSPS) is 20.7. The average molecular weight is 257 g/mol. The third-order valence-corrected chi connectivity index (χ3v) is 3.26. The maximum Gasteiger partial charge on any atom is 0.0745 e. The van der Waals surface area contributed by atoms with Gasteiger partial charge >= 0.3 is 0 Å². The van der Waals surface area contributed by atoms with Crippen molar-refractivity contribution in [1.82, 2.24) is 4.98 Å². The van der Waals surface area contributed by atoms with E-state index < -0.39 is 0 Å². The number of nitrogens with zero attached hydrogens (tertiary/aromatic N) is 1. The molecule has 76 valence electrons. The number of ether oxygens (including phenoxy) is 1. The Kier molecular flexibility index (Phi) is 2.85. The lowest BCUT2D eigenvalue weighted by atomic mass is 9.87. The highest BCUT2D eigenvalue weighted by Gasteiger charge is 2.32. The van der Waals surface area contributed by atoms with E-state index in [0.29, 0.717) is 0 Å². The van der Waals surface area contributed by atoms with Gasteiger partial charge in [-0.05, 0) is 40.9 Å². The molecule has 0 atom stereocenters. The van der Waals surface area contributed by atoms with Crippen LogP contribution in [0.1, 0.15) is 18.5 Å². The average Bonchev–Trinajstić information content (AvgIpc) is 2.19. The number of aromatic nitrogens is 1. The van der Waals surface area contributed by atoms with Crippen molar-refractivity contribution in [1.29, 1.82) is 0 Å². The molecule has 4 heteroatoms. The van der Waals surface area contributed by atoms with E-state index in [1.54, 1.807) is 6.20 Å². The lowest BCUT2D eigenvalue weighted by molar-refractivity contribution is 0.0505. The van der Waals surface area contributed by atoms with Crippen LogP contribution < -0.4 is 5.73 Å². The second kappa shape index (κ2) is 3.96. The molecule has 1 aliphatic rings. The van der Waals surface area contributed by atoms with Gasteiger partial charge in [-0.2, -0.15) is 0 Å². The van der Waals surface area contributed by atoms with Gasteiger partial charge in [-0.25, -0.2) is 0 Å². The Labute approximate surface area is 91.8 Å². The highest BCUT2D eigenvalue weighted by Crippen LogP contribution is 2.32. The highest BCUT2D eigenvalue weighted by atomic mass is 79.9. The molecule has 14 heavy (non-hydrogen) atoms. The summed E-state index contributed by atoms with van der Waals surface area (Å²) in [7, 11) is 0. The quantitative estimate of drug-likeness (QED) is 0.834.